The molecule has 1 aliphatic heterocycles. The quantitative estimate of drug-likeness (QED) is 0.377. The number of benzene rings is 3. The number of esters is 2. The van der Waals surface area contributed by atoms with Crippen LogP contribution < -0.4 is 0 Å². The number of aromatic nitrogens is 1. The van der Waals surface area contributed by atoms with Crippen LogP contribution in [-0.4, -0.2) is 16.9 Å². The molecular formula is C24H15NO4. The van der Waals surface area contributed by atoms with Crippen molar-refractivity contribution >= 4 is 33.9 Å². The maximum Gasteiger partial charge on any atom is 0.349 e. The van der Waals surface area contributed by atoms with Crippen LogP contribution in [0.2, 0.25) is 0 Å². The summed E-state index contributed by atoms with van der Waals surface area (Å²) in [5, 5.41) is 2.17. The highest BCUT2D eigenvalue weighted by Crippen LogP contribution is 2.36. The molecule has 0 atom stereocenters. The highest BCUT2D eigenvalue weighted by atomic mass is 16.6. The van der Waals surface area contributed by atoms with Crippen molar-refractivity contribution in [2.45, 2.75) is 6.92 Å². The predicted molar refractivity (Wildman–Crippen MR) is 109 cm³/mol. The Bertz CT molecular complexity index is 1320. The zero-order valence-corrected chi connectivity index (χ0v) is 15.5. The molecule has 4 aromatic rings. The third-order valence-electron chi connectivity index (χ3n) is 4.94. The molecule has 2 heterocycles. The Kier molecular flexibility index (Phi) is 3.88. The first-order valence-electron chi connectivity index (χ1n) is 9.15. The first-order chi connectivity index (χ1) is 14.1. The number of carbonyl (C=O) groups is 2. The summed E-state index contributed by atoms with van der Waals surface area (Å²) in [5.74, 6) is -0.556. The highest BCUT2D eigenvalue weighted by Gasteiger charge is 2.37. The van der Waals surface area contributed by atoms with Crippen molar-refractivity contribution in [3.8, 4) is 11.5 Å². The summed E-state index contributed by atoms with van der Waals surface area (Å²) in [4.78, 5) is 29.4. The summed E-state index contributed by atoms with van der Waals surface area (Å²) in [6, 6.07) is 22.8. The lowest BCUT2D eigenvalue weighted by molar-refractivity contribution is -0.149. The molecule has 0 spiro atoms. The van der Waals surface area contributed by atoms with Crippen molar-refractivity contribution in [3.63, 3.8) is 0 Å². The van der Waals surface area contributed by atoms with Crippen LogP contribution in [0, 0.1) is 6.92 Å². The number of oxazole rings is 1. The molecule has 5 heteroatoms. The molecule has 0 saturated heterocycles. The molecule has 140 valence electrons. The summed E-state index contributed by atoms with van der Waals surface area (Å²) >= 11 is 0. The van der Waals surface area contributed by atoms with Gasteiger partial charge in [-0.25, -0.2) is 14.6 Å². The van der Waals surface area contributed by atoms with Crippen molar-refractivity contribution < 1.29 is 18.7 Å². The van der Waals surface area contributed by atoms with Crippen LogP contribution in [0.25, 0.3) is 33.4 Å². The van der Waals surface area contributed by atoms with E-state index in [-0.39, 0.29) is 11.1 Å². The Balaban J connectivity index is 1.66. The number of fused-ring (bicyclic) bond motifs is 1. The van der Waals surface area contributed by atoms with E-state index in [0.29, 0.717) is 22.9 Å². The number of cyclic esters (lactones) is 2. The maximum absolute atomic E-state index is 12.5. The van der Waals surface area contributed by atoms with Gasteiger partial charge in [-0.3, -0.25) is 0 Å². The number of rotatable bonds is 3. The van der Waals surface area contributed by atoms with E-state index in [0.717, 1.165) is 16.3 Å². The Hall–Kier alpha value is -3.99. The van der Waals surface area contributed by atoms with E-state index in [9.17, 15) is 9.59 Å². The van der Waals surface area contributed by atoms with Gasteiger partial charge in [0.15, 0.2) is 0 Å². The van der Waals surface area contributed by atoms with E-state index in [1.54, 1.807) is 31.2 Å². The fraction of sp³-hybridized carbons (Fsp3) is 0.0417. The number of aryl methyl sites for hydroxylation is 1. The molecule has 0 saturated carbocycles. The minimum atomic E-state index is -0.713. The van der Waals surface area contributed by atoms with Crippen molar-refractivity contribution in [2.75, 3.05) is 0 Å². The van der Waals surface area contributed by atoms with Crippen LogP contribution in [0.15, 0.2) is 77.2 Å². The minimum absolute atomic E-state index is 0.134. The molecule has 0 N–H and O–H groups in total. The van der Waals surface area contributed by atoms with Gasteiger partial charge in [-0.2, -0.15) is 0 Å². The molecule has 0 bridgehead atoms. The lowest BCUT2D eigenvalue weighted by Crippen LogP contribution is -2.02. The van der Waals surface area contributed by atoms with Gasteiger partial charge in [0.1, 0.15) is 17.0 Å². The molecule has 0 fully saturated rings. The van der Waals surface area contributed by atoms with Crippen molar-refractivity contribution in [2.24, 2.45) is 0 Å². The molecule has 1 aliphatic rings. The Morgan fingerprint density at radius 2 is 1.41 bits per heavy atom. The van der Waals surface area contributed by atoms with Gasteiger partial charge >= 0.3 is 11.9 Å². The normalized spacial score (nSPS) is 14.0. The summed E-state index contributed by atoms with van der Waals surface area (Å²) in [6.45, 7) is 1.72. The van der Waals surface area contributed by atoms with E-state index >= 15 is 0 Å². The zero-order chi connectivity index (χ0) is 20.0. The maximum atomic E-state index is 12.5. The molecule has 5 rings (SSSR count). The van der Waals surface area contributed by atoms with Crippen LogP contribution in [0.1, 0.15) is 17.0 Å². The third-order valence-corrected chi connectivity index (χ3v) is 4.94. The van der Waals surface area contributed by atoms with E-state index in [1.165, 1.54) is 0 Å². The van der Waals surface area contributed by atoms with Crippen molar-refractivity contribution in [1.82, 2.24) is 4.98 Å². The minimum Gasteiger partial charge on any atom is -0.441 e. The first kappa shape index (κ1) is 17.1. The second-order valence-electron chi connectivity index (χ2n) is 6.78. The molecule has 0 radical (unpaired) electrons. The number of hydrogen-bond acceptors (Lipinski definition) is 5. The standard InChI is InChI=1S/C24H15NO4/c1-14-21(20-19(23(26)29-24(20)27)16-8-3-2-4-9-16)25-22(28-14)18-12-11-15-7-5-6-10-17(15)13-18/h2-13H,1H3. The van der Waals surface area contributed by atoms with Crippen LogP contribution in [-0.2, 0) is 14.3 Å². The monoisotopic (exact) mass is 381 g/mol. The first-order valence-corrected chi connectivity index (χ1v) is 9.15. The van der Waals surface area contributed by atoms with Gasteiger partial charge in [0.05, 0.1) is 5.57 Å². The smallest absolute Gasteiger partial charge is 0.349 e. The van der Waals surface area contributed by atoms with Gasteiger partial charge in [0, 0.05) is 5.56 Å². The largest absolute Gasteiger partial charge is 0.441 e. The van der Waals surface area contributed by atoms with Gasteiger partial charge in [0.2, 0.25) is 5.89 Å². The Labute approximate surface area is 166 Å². The van der Waals surface area contributed by atoms with E-state index in [4.69, 9.17) is 9.15 Å². The Morgan fingerprint density at radius 1 is 0.724 bits per heavy atom. The fourth-order valence-corrected chi connectivity index (χ4v) is 3.55. The lowest BCUT2D eigenvalue weighted by atomic mass is 9.99. The number of hydrogen-bond donors (Lipinski definition) is 0. The van der Waals surface area contributed by atoms with Crippen LogP contribution in [0.5, 0.6) is 0 Å². The summed E-state index contributed by atoms with van der Waals surface area (Å²) in [6.07, 6.45) is 0. The molecule has 0 unspecified atom stereocenters. The van der Waals surface area contributed by atoms with E-state index < -0.39 is 11.9 Å². The van der Waals surface area contributed by atoms with Crippen LogP contribution in [0.4, 0.5) is 0 Å². The Morgan fingerprint density at radius 3 is 2.21 bits per heavy atom. The molecule has 29 heavy (non-hydrogen) atoms. The molecular weight excluding hydrogens is 366 g/mol. The van der Waals surface area contributed by atoms with Crippen molar-refractivity contribution in [1.29, 1.82) is 0 Å². The molecule has 0 amide bonds. The third kappa shape index (κ3) is 2.84. The SMILES string of the molecule is Cc1oc(-c2ccc3ccccc3c2)nc1C1=C(c2ccccc2)C(=O)OC1=O. The summed E-state index contributed by atoms with van der Waals surface area (Å²) in [5.41, 5.74) is 2.06. The topological polar surface area (TPSA) is 69.4 Å². The number of nitrogens with zero attached hydrogens (tertiary/aromatic N) is 1. The zero-order valence-electron chi connectivity index (χ0n) is 15.5. The van der Waals surface area contributed by atoms with Crippen LogP contribution in [0.3, 0.4) is 0 Å². The van der Waals surface area contributed by atoms with Gasteiger partial charge in [-0.1, -0.05) is 60.7 Å². The average Bonchev–Trinajstić information content (AvgIpc) is 3.26. The predicted octanol–water partition coefficient (Wildman–Crippen LogP) is 4.80. The van der Waals surface area contributed by atoms with Crippen LogP contribution >= 0.6 is 0 Å². The van der Waals surface area contributed by atoms with E-state index in [2.05, 4.69) is 4.98 Å². The second-order valence-corrected chi connectivity index (χ2v) is 6.78. The fourth-order valence-electron chi connectivity index (χ4n) is 3.55. The molecule has 5 nitrogen and oxygen atoms in total. The van der Waals surface area contributed by atoms with E-state index in [1.807, 2.05) is 48.5 Å². The molecule has 1 aromatic heterocycles. The summed E-state index contributed by atoms with van der Waals surface area (Å²) < 4.78 is 10.8. The second kappa shape index (κ2) is 6.56. The van der Waals surface area contributed by atoms with Gasteiger partial charge < -0.3 is 9.15 Å². The number of ether oxygens (including phenoxy) is 1. The van der Waals surface area contributed by atoms with Gasteiger partial charge in [0.25, 0.3) is 0 Å². The molecule has 0 aliphatic carbocycles. The summed E-state index contributed by atoms with van der Waals surface area (Å²) in [7, 11) is 0. The number of carbonyl (C=O) groups excluding carboxylic acids is 2. The lowest BCUT2D eigenvalue weighted by Gasteiger charge is -2.00. The van der Waals surface area contributed by atoms with Gasteiger partial charge in [-0.05, 0) is 35.4 Å². The van der Waals surface area contributed by atoms with Crippen molar-refractivity contribution in [3.05, 3.63) is 89.8 Å². The average molecular weight is 381 g/mol. The van der Waals surface area contributed by atoms with Gasteiger partial charge in [-0.15, -0.1) is 0 Å². The highest BCUT2D eigenvalue weighted by molar-refractivity contribution is 6.44. The molecule has 3 aromatic carbocycles.